The van der Waals surface area contributed by atoms with E-state index in [0.717, 1.165) is 29.1 Å². The molecule has 0 saturated heterocycles. The quantitative estimate of drug-likeness (QED) is 0.898. The van der Waals surface area contributed by atoms with Gasteiger partial charge in [0.15, 0.2) is 0 Å². The average Bonchev–Trinajstić information content (AvgIpc) is 2.90. The molecule has 19 heavy (non-hydrogen) atoms. The molecule has 0 amide bonds. The molecule has 4 heteroatoms. The lowest BCUT2D eigenvalue weighted by Gasteiger charge is -2.25. The molecule has 0 aliphatic rings. The van der Waals surface area contributed by atoms with Crippen molar-refractivity contribution >= 4 is 5.69 Å². The molecule has 0 bridgehead atoms. The van der Waals surface area contributed by atoms with E-state index < -0.39 is 0 Å². The summed E-state index contributed by atoms with van der Waals surface area (Å²) in [5, 5.41) is 0. The van der Waals surface area contributed by atoms with Crippen molar-refractivity contribution in [2.24, 2.45) is 5.73 Å². The van der Waals surface area contributed by atoms with Crippen LogP contribution in [0.2, 0.25) is 0 Å². The Morgan fingerprint density at radius 3 is 2.74 bits per heavy atom. The highest BCUT2D eigenvalue weighted by atomic mass is 16.5. The Labute approximate surface area is 113 Å². The van der Waals surface area contributed by atoms with Gasteiger partial charge in [0, 0.05) is 36.4 Å². The van der Waals surface area contributed by atoms with Crippen LogP contribution < -0.4 is 15.4 Å². The van der Waals surface area contributed by atoms with E-state index in [1.807, 2.05) is 32.2 Å². The van der Waals surface area contributed by atoms with Crippen molar-refractivity contribution in [3.8, 4) is 5.75 Å². The molecule has 1 heterocycles. The minimum atomic E-state index is -0.0852. The van der Waals surface area contributed by atoms with Crippen molar-refractivity contribution in [1.29, 1.82) is 0 Å². The summed E-state index contributed by atoms with van der Waals surface area (Å²) in [6.07, 6.45) is 3.43. The second-order valence-electron chi connectivity index (χ2n) is 4.67. The van der Waals surface area contributed by atoms with Crippen molar-refractivity contribution < 1.29 is 9.15 Å². The van der Waals surface area contributed by atoms with Crippen molar-refractivity contribution in [3.63, 3.8) is 0 Å². The fourth-order valence-corrected chi connectivity index (χ4v) is 2.24. The molecule has 0 aliphatic heterocycles. The maximum atomic E-state index is 6.08. The van der Waals surface area contributed by atoms with Gasteiger partial charge in [-0.3, -0.25) is 0 Å². The number of ether oxygens (including phenoxy) is 1. The van der Waals surface area contributed by atoms with Gasteiger partial charge in [-0.15, -0.1) is 0 Å². The normalized spacial score (nSPS) is 12.2. The van der Waals surface area contributed by atoms with Crippen LogP contribution in [0.3, 0.4) is 0 Å². The lowest BCUT2D eigenvalue weighted by Crippen LogP contribution is -2.20. The molecule has 0 fully saturated rings. The Hall–Kier alpha value is -1.94. The van der Waals surface area contributed by atoms with Gasteiger partial charge in [0.2, 0.25) is 0 Å². The first-order valence-electron chi connectivity index (χ1n) is 6.28. The smallest absolute Gasteiger partial charge is 0.125 e. The number of furan rings is 1. The lowest BCUT2D eigenvalue weighted by atomic mass is 10.0. The summed E-state index contributed by atoms with van der Waals surface area (Å²) in [6.45, 7) is 2.73. The number of methoxy groups -OCH3 is 1. The third kappa shape index (κ3) is 2.90. The molecular formula is C15H20N2O2. The first kappa shape index (κ1) is 13.5. The van der Waals surface area contributed by atoms with Crippen molar-refractivity contribution in [2.75, 3.05) is 19.1 Å². The van der Waals surface area contributed by atoms with Gasteiger partial charge in [0.1, 0.15) is 5.75 Å². The third-order valence-electron chi connectivity index (χ3n) is 3.13. The third-order valence-corrected chi connectivity index (χ3v) is 3.13. The zero-order chi connectivity index (χ0) is 13.8. The zero-order valence-electron chi connectivity index (χ0n) is 11.6. The van der Waals surface area contributed by atoms with Gasteiger partial charge in [0.05, 0.1) is 19.6 Å². The SMILES string of the molecule is COc1cccc(N(C)Cc2ccoc2)c1[C@@H](C)N. The number of rotatable bonds is 5. The lowest BCUT2D eigenvalue weighted by molar-refractivity contribution is 0.407. The van der Waals surface area contributed by atoms with Crippen molar-refractivity contribution in [3.05, 3.63) is 47.9 Å². The Bertz CT molecular complexity index is 521. The highest BCUT2D eigenvalue weighted by Crippen LogP contribution is 2.33. The van der Waals surface area contributed by atoms with Crippen LogP contribution in [0, 0.1) is 0 Å². The highest BCUT2D eigenvalue weighted by Gasteiger charge is 2.16. The Balaban J connectivity index is 2.32. The molecule has 1 atom stereocenters. The Morgan fingerprint density at radius 1 is 1.37 bits per heavy atom. The van der Waals surface area contributed by atoms with Crippen LogP contribution in [0.1, 0.15) is 24.1 Å². The molecule has 0 saturated carbocycles. The first-order chi connectivity index (χ1) is 9.13. The maximum absolute atomic E-state index is 6.08. The van der Waals surface area contributed by atoms with Gasteiger partial charge in [-0.2, -0.15) is 0 Å². The van der Waals surface area contributed by atoms with Crippen LogP contribution in [0.25, 0.3) is 0 Å². The monoisotopic (exact) mass is 260 g/mol. The Morgan fingerprint density at radius 2 is 2.16 bits per heavy atom. The van der Waals surface area contributed by atoms with Crippen LogP contribution >= 0.6 is 0 Å². The number of anilines is 1. The van der Waals surface area contributed by atoms with Crippen LogP contribution in [-0.4, -0.2) is 14.2 Å². The molecule has 1 aromatic carbocycles. The van der Waals surface area contributed by atoms with Gasteiger partial charge in [-0.05, 0) is 25.1 Å². The largest absolute Gasteiger partial charge is 0.496 e. The van der Waals surface area contributed by atoms with Gasteiger partial charge >= 0.3 is 0 Å². The van der Waals surface area contributed by atoms with E-state index in [-0.39, 0.29) is 6.04 Å². The summed E-state index contributed by atoms with van der Waals surface area (Å²) in [5.74, 6) is 0.826. The minimum Gasteiger partial charge on any atom is -0.496 e. The summed E-state index contributed by atoms with van der Waals surface area (Å²) >= 11 is 0. The topological polar surface area (TPSA) is 51.6 Å². The minimum absolute atomic E-state index is 0.0852. The predicted octanol–water partition coefficient (Wildman–Crippen LogP) is 2.94. The van der Waals surface area contributed by atoms with Crippen LogP contribution in [0.5, 0.6) is 5.75 Å². The summed E-state index contributed by atoms with van der Waals surface area (Å²) < 4.78 is 10.5. The van der Waals surface area contributed by atoms with Gasteiger partial charge in [0.25, 0.3) is 0 Å². The van der Waals surface area contributed by atoms with E-state index in [1.54, 1.807) is 19.6 Å². The summed E-state index contributed by atoms with van der Waals surface area (Å²) in [4.78, 5) is 2.14. The fourth-order valence-electron chi connectivity index (χ4n) is 2.24. The fraction of sp³-hybridized carbons (Fsp3) is 0.333. The summed E-state index contributed by atoms with van der Waals surface area (Å²) in [5.41, 5.74) is 9.31. The molecule has 4 nitrogen and oxygen atoms in total. The number of benzene rings is 1. The molecule has 0 aliphatic carbocycles. The van der Waals surface area contributed by atoms with Crippen LogP contribution in [-0.2, 0) is 6.54 Å². The molecule has 1 aromatic heterocycles. The molecule has 2 rings (SSSR count). The number of hydrogen-bond acceptors (Lipinski definition) is 4. The predicted molar refractivity (Wildman–Crippen MR) is 76.4 cm³/mol. The maximum Gasteiger partial charge on any atom is 0.125 e. The number of nitrogens with two attached hydrogens (primary N) is 1. The standard InChI is InChI=1S/C15H20N2O2/c1-11(16)15-13(5-4-6-14(15)18-3)17(2)9-12-7-8-19-10-12/h4-8,10-11H,9,16H2,1-3H3/t11-/m1/s1. The van der Waals surface area contributed by atoms with E-state index in [4.69, 9.17) is 14.9 Å². The number of nitrogens with zero attached hydrogens (tertiary/aromatic N) is 1. The van der Waals surface area contributed by atoms with E-state index in [1.165, 1.54) is 0 Å². The second kappa shape index (κ2) is 5.80. The van der Waals surface area contributed by atoms with Crippen LogP contribution in [0.15, 0.2) is 41.2 Å². The molecule has 0 unspecified atom stereocenters. The van der Waals surface area contributed by atoms with E-state index in [9.17, 15) is 0 Å². The first-order valence-corrected chi connectivity index (χ1v) is 6.28. The Kier molecular flexibility index (Phi) is 4.12. The van der Waals surface area contributed by atoms with E-state index in [2.05, 4.69) is 11.0 Å². The van der Waals surface area contributed by atoms with Crippen molar-refractivity contribution in [1.82, 2.24) is 0 Å². The molecule has 0 radical (unpaired) electrons. The van der Waals surface area contributed by atoms with Gasteiger partial charge in [-0.25, -0.2) is 0 Å². The number of hydrogen-bond donors (Lipinski definition) is 1. The van der Waals surface area contributed by atoms with E-state index in [0.29, 0.717) is 0 Å². The van der Waals surface area contributed by atoms with Crippen LogP contribution in [0.4, 0.5) is 5.69 Å². The molecule has 2 aromatic rings. The zero-order valence-corrected chi connectivity index (χ0v) is 11.6. The van der Waals surface area contributed by atoms with Gasteiger partial charge in [-0.1, -0.05) is 6.07 Å². The average molecular weight is 260 g/mol. The van der Waals surface area contributed by atoms with Crippen molar-refractivity contribution in [2.45, 2.75) is 19.5 Å². The molecule has 0 spiro atoms. The van der Waals surface area contributed by atoms with E-state index >= 15 is 0 Å². The molecule has 2 N–H and O–H groups in total. The summed E-state index contributed by atoms with van der Waals surface area (Å²) in [7, 11) is 3.70. The van der Waals surface area contributed by atoms with Gasteiger partial charge < -0.3 is 19.8 Å². The molecule has 102 valence electrons. The molecular weight excluding hydrogens is 240 g/mol. The highest BCUT2D eigenvalue weighted by molar-refractivity contribution is 5.60. The second-order valence-corrected chi connectivity index (χ2v) is 4.67. The summed E-state index contributed by atoms with van der Waals surface area (Å²) in [6, 6.07) is 7.85.